The highest BCUT2D eigenvalue weighted by molar-refractivity contribution is 6.00. The number of nitrogens with one attached hydrogen (secondary N) is 2. The highest BCUT2D eigenvalue weighted by atomic mass is 16.2. The minimum absolute atomic E-state index is 0.0159. The Morgan fingerprint density at radius 3 is 2.74 bits per heavy atom. The van der Waals surface area contributed by atoms with Gasteiger partial charge in [0.2, 0.25) is 0 Å². The second-order valence-corrected chi connectivity index (χ2v) is 4.97. The summed E-state index contributed by atoms with van der Waals surface area (Å²) in [7, 11) is 2.08. The van der Waals surface area contributed by atoms with E-state index >= 15 is 0 Å². The van der Waals surface area contributed by atoms with Crippen molar-refractivity contribution < 1.29 is 4.79 Å². The van der Waals surface area contributed by atoms with E-state index in [4.69, 9.17) is 0 Å². The molecule has 0 radical (unpaired) electrons. The van der Waals surface area contributed by atoms with Gasteiger partial charge in [-0.1, -0.05) is 18.2 Å². The number of urea groups is 1. The van der Waals surface area contributed by atoms with Crippen LogP contribution in [0.4, 0.5) is 10.5 Å². The van der Waals surface area contributed by atoms with Crippen LogP contribution < -0.4 is 5.32 Å². The monoisotopic (exact) mass is 258 g/mol. The van der Waals surface area contributed by atoms with E-state index in [0.717, 1.165) is 42.8 Å². The molecular formula is C14H18N4O. The van der Waals surface area contributed by atoms with Crippen molar-refractivity contribution in [3.8, 4) is 0 Å². The molecule has 1 aromatic heterocycles. The third-order valence-corrected chi connectivity index (χ3v) is 3.62. The molecule has 0 bridgehead atoms. The van der Waals surface area contributed by atoms with Crippen LogP contribution in [0.1, 0.15) is 0 Å². The molecule has 0 aliphatic carbocycles. The van der Waals surface area contributed by atoms with Gasteiger partial charge in [-0.25, -0.2) is 4.79 Å². The van der Waals surface area contributed by atoms with Gasteiger partial charge in [0.05, 0.1) is 5.69 Å². The molecule has 5 heteroatoms. The smallest absolute Gasteiger partial charge is 0.321 e. The van der Waals surface area contributed by atoms with Gasteiger partial charge in [-0.05, 0) is 13.1 Å². The predicted octanol–water partition coefficient (Wildman–Crippen LogP) is 1.95. The zero-order valence-electron chi connectivity index (χ0n) is 11.0. The number of likely N-dealkylation sites (N-methyl/N-ethyl adjacent to an activating group) is 1. The van der Waals surface area contributed by atoms with E-state index in [1.807, 2.05) is 35.4 Å². The Hall–Kier alpha value is -2.01. The van der Waals surface area contributed by atoms with Crippen molar-refractivity contribution in [2.75, 3.05) is 38.5 Å². The molecule has 0 atom stereocenters. The number of aromatic nitrogens is 1. The topological polar surface area (TPSA) is 51.4 Å². The van der Waals surface area contributed by atoms with Gasteiger partial charge in [0, 0.05) is 43.3 Å². The largest absolute Gasteiger partial charge is 0.359 e. The van der Waals surface area contributed by atoms with Crippen molar-refractivity contribution in [1.82, 2.24) is 14.8 Å². The minimum Gasteiger partial charge on any atom is -0.359 e. The van der Waals surface area contributed by atoms with E-state index in [0.29, 0.717) is 0 Å². The molecule has 0 spiro atoms. The summed E-state index contributed by atoms with van der Waals surface area (Å²) in [6, 6.07) is 7.94. The number of hydrogen-bond donors (Lipinski definition) is 2. The number of benzene rings is 1. The van der Waals surface area contributed by atoms with Gasteiger partial charge in [-0.15, -0.1) is 0 Å². The molecule has 1 aliphatic rings. The lowest BCUT2D eigenvalue weighted by molar-refractivity contribution is 0.164. The van der Waals surface area contributed by atoms with Gasteiger partial charge < -0.3 is 20.1 Å². The second-order valence-electron chi connectivity index (χ2n) is 4.97. The maximum atomic E-state index is 12.2. The lowest BCUT2D eigenvalue weighted by Crippen LogP contribution is -2.48. The SMILES string of the molecule is CN1CCN(C(=O)Nc2c[nH]c3ccccc23)CC1. The van der Waals surface area contributed by atoms with E-state index < -0.39 is 0 Å². The summed E-state index contributed by atoms with van der Waals surface area (Å²) in [5.74, 6) is 0. The Labute approximate surface area is 112 Å². The number of fused-ring (bicyclic) bond motifs is 1. The standard InChI is InChI=1S/C14H18N4O/c1-17-6-8-18(9-7-17)14(19)16-13-10-15-12-5-3-2-4-11(12)13/h2-5,10,15H,6-9H2,1H3,(H,16,19). The van der Waals surface area contributed by atoms with Gasteiger partial charge in [-0.3, -0.25) is 0 Å². The van der Waals surface area contributed by atoms with Crippen LogP contribution >= 0.6 is 0 Å². The number of amides is 2. The van der Waals surface area contributed by atoms with Crippen LogP contribution in [0.5, 0.6) is 0 Å². The predicted molar refractivity (Wildman–Crippen MR) is 76.4 cm³/mol. The van der Waals surface area contributed by atoms with Crippen LogP contribution in [-0.2, 0) is 0 Å². The Balaban J connectivity index is 1.72. The van der Waals surface area contributed by atoms with Crippen LogP contribution in [0.3, 0.4) is 0 Å². The van der Waals surface area contributed by atoms with Crippen molar-refractivity contribution in [2.45, 2.75) is 0 Å². The molecule has 2 aromatic rings. The number of H-pyrrole nitrogens is 1. The average Bonchev–Trinajstić information content (AvgIpc) is 2.83. The molecule has 2 N–H and O–H groups in total. The quantitative estimate of drug-likeness (QED) is 0.821. The molecule has 1 aromatic carbocycles. The number of para-hydroxylation sites is 1. The first-order chi connectivity index (χ1) is 9.24. The number of hydrogen-bond acceptors (Lipinski definition) is 2. The molecule has 1 saturated heterocycles. The summed E-state index contributed by atoms with van der Waals surface area (Å²) in [6.45, 7) is 3.43. The molecular weight excluding hydrogens is 240 g/mol. The average molecular weight is 258 g/mol. The second kappa shape index (κ2) is 4.93. The number of rotatable bonds is 1. The molecule has 0 saturated carbocycles. The highest BCUT2D eigenvalue weighted by Gasteiger charge is 2.19. The minimum atomic E-state index is -0.0159. The third kappa shape index (κ3) is 2.42. The maximum absolute atomic E-state index is 12.2. The van der Waals surface area contributed by atoms with E-state index in [1.54, 1.807) is 0 Å². The third-order valence-electron chi connectivity index (χ3n) is 3.62. The molecule has 1 aliphatic heterocycles. The highest BCUT2D eigenvalue weighted by Crippen LogP contribution is 2.22. The van der Waals surface area contributed by atoms with Crippen molar-refractivity contribution >= 4 is 22.6 Å². The number of carbonyl (C=O) groups is 1. The molecule has 0 unspecified atom stereocenters. The summed E-state index contributed by atoms with van der Waals surface area (Å²) in [5.41, 5.74) is 1.88. The number of aromatic amines is 1. The first-order valence-electron chi connectivity index (χ1n) is 6.54. The fourth-order valence-electron chi connectivity index (χ4n) is 2.38. The fourth-order valence-corrected chi connectivity index (χ4v) is 2.38. The van der Waals surface area contributed by atoms with Crippen molar-refractivity contribution in [1.29, 1.82) is 0 Å². The fraction of sp³-hybridized carbons (Fsp3) is 0.357. The van der Waals surface area contributed by atoms with Gasteiger partial charge in [0.25, 0.3) is 0 Å². The van der Waals surface area contributed by atoms with Crippen LogP contribution in [-0.4, -0.2) is 54.0 Å². The first kappa shape index (κ1) is 12.0. The number of anilines is 1. The van der Waals surface area contributed by atoms with Crippen molar-refractivity contribution in [3.05, 3.63) is 30.5 Å². The first-order valence-corrected chi connectivity index (χ1v) is 6.54. The van der Waals surface area contributed by atoms with Crippen LogP contribution in [0.15, 0.2) is 30.5 Å². The van der Waals surface area contributed by atoms with Gasteiger partial charge in [0.1, 0.15) is 0 Å². The van der Waals surface area contributed by atoms with Crippen LogP contribution in [0.2, 0.25) is 0 Å². The lowest BCUT2D eigenvalue weighted by atomic mass is 10.2. The zero-order chi connectivity index (χ0) is 13.2. The van der Waals surface area contributed by atoms with Gasteiger partial charge >= 0.3 is 6.03 Å². The van der Waals surface area contributed by atoms with Crippen LogP contribution in [0.25, 0.3) is 10.9 Å². The van der Waals surface area contributed by atoms with Crippen molar-refractivity contribution in [2.24, 2.45) is 0 Å². The Morgan fingerprint density at radius 1 is 1.21 bits per heavy atom. The van der Waals surface area contributed by atoms with Crippen LogP contribution in [0, 0.1) is 0 Å². The van der Waals surface area contributed by atoms with Gasteiger partial charge in [-0.2, -0.15) is 0 Å². The molecule has 100 valence electrons. The number of piperazine rings is 1. The molecule has 3 rings (SSSR count). The van der Waals surface area contributed by atoms with E-state index in [2.05, 4.69) is 22.2 Å². The molecule has 2 heterocycles. The van der Waals surface area contributed by atoms with E-state index in [-0.39, 0.29) is 6.03 Å². The molecule has 2 amide bonds. The molecule has 1 fully saturated rings. The Morgan fingerprint density at radius 2 is 1.95 bits per heavy atom. The van der Waals surface area contributed by atoms with Crippen molar-refractivity contribution in [3.63, 3.8) is 0 Å². The lowest BCUT2D eigenvalue weighted by Gasteiger charge is -2.32. The Kier molecular flexibility index (Phi) is 3.13. The number of carbonyl (C=O) groups excluding carboxylic acids is 1. The Bertz CT molecular complexity index is 584. The summed E-state index contributed by atoms with van der Waals surface area (Å²) in [4.78, 5) is 19.5. The summed E-state index contributed by atoms with van der Waals surface area (Å²) >= 11 is 0. The summed E-state index contributed by atoms with van der Waals surface area (Å²) < 4.78 is 0. The summed E-state index contributed by atoms with van der Waals surface area (Å²) in [5, 5.41) is 4.03. The van der Waals surface area contributed by atoms with Gasteiger partial charge in [0.15, 0.2) is 0 Å². The maximum Gasteiger partial charge on any atom is 0.321 e. The zero-order valence-corrected chi connectivity index (χ0v) is 11.0. The number of nitrogens with zero attached hydrogens (tertiary/aromatic N) is 2. The molecule has 19 heavy (non-hydrogen) atoms. The normalized spacial score (nSPS) is 16.8. The van der Waals surface area contributed by atoms with E-state index in [9.17, 15) is 4.79 Å². The molecule has 5 nitrogen and oxygen atoms in total. The summed E-state index contributed by atoms with van der Waals surface area (Å²) in [6.07, 6.45) is 1.85. The van der Waals surface area contributed by atoms with E-state index in [1.165, 1.54) is 0 Å².